The van der Waals surface area contributed by atoms with Crippen LogP contribution in [0.1, 0.15) is 31.4 Å². The van der Waals surface area contributed by atoms with Gasteiger partial charge in [-0.3, -0.25) is 4.68 Å². The maximum atomic E-state index is 14.1. The van der Waals surface area contributed by atoms with Crippen LogP contribution < -0.4 is 0 Å². The van der Waals surface area contributed by atoms with E-state index in [1.54, 1.807) is 6.07 Å². The van der Waals surface area contributed by atoms with E-state index in [1.165, 1.54) is 12.1 Å². The molecule has 1 aliphatic rings. The van der Waals surface area contributed by atoms with Gasteiger partial charge in [-0.05, 0) is 55.2 Å². The SMILES string of the molecule is O=C(O)COC[C@H]1CC[C@H](Cn2nc(-c3ccccc3)c(-c3cccc(F)c3)c2CCO)CC1. The number of nitrogens with zero attached hydrogens (tertiary/aromatic N) is 2. The molecule has 0 amide bonds. The molecule has 4 rings (SSSR count). The van der Waals surface area contributed by atoms with Crippen LogP contribution in [0, 0.1) is 17.7 Å². The first-order valence-corrected chi connectivity index (χ1v) is 11.9. The second-order valence-electron chi connectivity index (χ2n) is 9.00. The fraction of sp³-hybridized carbons (Fsp3) is 0.407. The lowest BCUT2D eigenvalue weighted by Gasteiger charge is -2.28. The zero-order valence-corrected chi connectivity index (χ0v) is 19.2. The summed E-state index contributed by atoms with van der Waals surface area (Å²) in [5, 5.41) is 23.6. The van der Waals surface area contributed by atoms with E-state index in [4.69, 9.17) is 14.9 Å². The number of aliphatic hydroxyl groups excluding tert-OH is 1. The van der Waals surface area contributed by atoms with Crippen LogP contribution >= 0.6 is 0 Å². The lowest BCUT2D eigenvalue weighted by molar-refractivity contribution is -0.142. The zero-order chi connectivity index (χ0) is 23.9. The van der Waals surface area contributed by atoms with Crippen molar-refractivity contribution in [2.45, 2.75) is 38.6 Å². The van der Waals surface area contributed by atoms with Crippen LogP contribution in [0.3, 0.4) is 0 Å². The Morgan fingerprint density at radius 2 is 1.74 bits per heavy atom. The number of carboxylic acid groups (broad SMARTS) is 1. The molecule has 180 valence electrons. The highest BCUT2D eigenvalue weighted by Crippen LogP contribution is 2.37. The number of aliphatic carboxylic acids is 1. The minimum absolute atomic E-state index is 0.0180. The third kappa shape index (κ3) is 5.90. The Balaban J connectivity index is 1.59. The number of carboxylic acids is 1. The summed E-state index contributed by atoms with van der Waals surface area (Å²) in [6.07, 6.45) is 4.43. The molecule has 2 N–H and O–H groups in total. The zero-order valence-electron chi connectivity index (χ0n) is 19.2. The Kier molecular flexibility index (Phi) is 8.08. The van der Waals surface area contributed by atoms with Crippen molar-refractivity contribution in [3.8, 4) is 22.4 Å². The van der Waals surface area contributed by atoms with Gasteiger partial charge in [-0.2, -0.15) is 5.10 Å². The molecule has 6 nitrogen and oxygen atoms in total. The second-order valence-corrected chi connectivity index (χ2v) is 9.00. The van der Waals surface area contributed by atoms with E-state index in [0.717, 1.165) is 60.3 Å². The summed E-state index contributed by atoms with van der Waals surface area (Å²) in [7, 11) is 0. The fourth-order valence-corrected chi connectivity index (χ4v) is 4.89. The average molecular weight is 467 g/mol. The van der Waals surface area contributed by atoms with Gasteiger partial charge in [0.1, 0.15) is 18.1 Å². The van der Waals surface area contributed by atoms with Gasteiger partial charge in [0.05, 0.1) is 6.61 Å². The third-order valence-electron chi connectivity index (χ3n) is 6.54. The molecule has 3 aromatic rings. The Bertz CT molecular complexity index is 1090. The number of hydrogen-bond donors (Lipinski definition) is 2. The van der Waals surface area contributed by atoms with Crippen molar-refractivity contribution in [2.24, 2.45) is 11.8 Å². The third-order valence-corrected chi connectivity index (χ3v) is 6.54. The molecule has 0 radical (unpaired) electrons. The highest BCUT2D eigenvalue weighted by atomic mass is 19.1. The molecular formula is C27H31FN2O4. The van der Waals surface area contributed by atoms with E-state index in [1.807, 2.05) is 41.1 Å². The number of benzene rings is 2. The molecule has 1 aromatic heterocycles. The number of ether oxygens (including phenoxy) is 1. The molecular weight excluding hydrogens is 435 g/mol. The summed E-state index contributed by atoms with van der Waals surface area (Å²) < 4.78 is 21.4. The lowest BCUT2D eigenvalue weighted by atomic mass is 9.82. The highest BCUT2D eigenvalue weighted by molar-refractivity contribution is 5.82. The Morgan fingerprint density at radius 1 is 1.03 bits per heavy atom. The summed E-state index contributed by atoms with van der Waals surface area (Å²) in [5.41, 5.74) is 4.30. The largest absolute Gasteiger partial charge is 0.480 e. The predicted octanol–water partition coefficient (Wildman–Crippen LogP) is 4.80. The molecule has 2 aromatic carbocycles. The van der Waals surface area contributed by atoms with Crippen molar-refractivity contribution in [1.29, 1.82) is 0 Å². The van der Waals surface area contributed by atoms with Crippen molar-refractivity contribution in [1.82, 2.24) is 9.78 Å². The van der Waals surface area contributed by atoms with Crippen LogP contribution in [-0.4, -0.2) is 45.8 Å². The summed E-state index contributed by atoms with van der Waals surface area (Å²) in [6.45, 7) is 0.949. The van der Waals surface area contributed by atoms with Crippen molar-refractivity contribution >= 4 is 5.97 Å². The quantitative estimate of drug-likeness (QED) is 0.448. The van der Waals surface area contributed by atoms with Gasteiger partial charge in [0.2, 0.25) is 0 Å². The number of carbonyl (C=O) groups is 1. The minimum Gasteiger partial charge on any atom is -0.480 e. The first kappa shape index (κ1) is 24.1. The smallest absolute Gasteiger partial charge is 0.329 e. The second kappa shape index (κ2) is 11.4. The topological polar surface area (TPSA) is 84.6 Å². The van der Waals surface area contributed by atoms with Crippen LogP contribution in [-0.2, 0) is 22.5 Å². The van der Waals surface area contributed by atoms with Gasteiger partial charge in [-0.25, -0.2) is 9.18 Å². The number of halogens is 1. The molecule has 1 aliphatic carbocycles. The van der Waals surface area contributed by atoms with Gasteiger partial charge in [0.15, 0.2) is 0 Å². The molecule has 0 spiro atoms. The van der Waals surface area contributed by atoms with E-state index in [0.29, 0.717) is 24.9 Å². The van der Waals surface area contributed by atoms with Crippen molar-refractivity contribution in [3.63, 3.8) is 0 Å². The molecule has 0 bridgehead atoms. The Morgan fingerprint density at radius 3 is 2.41 bits per heavy atom. The number of aromatic nitrogens is 2. The average Bonchev–Trinajstić information content (AvgIpc) is 3.19. The first-order valence-electron chi connectivity index (χ1n) is 11.9. The Hall–Kier alpha value is -3.03. The number of hydrogen-bond acceptors (Lipinski definition) is 4. The monoisotopic (exact) mass is 466 g/mol. The summed E-state index contributed by atoms with van der Waals surface area (Å²) in [5.74, 6) is -0.431. The van der Waals surface area contributed by atoms with E-state index >= 15 is 0 Å². The van der Waals surface area contributed by atoms with Crippen molar-refractivity contribution < 1.29 is 24.1 Å². The predicted molar refractivity (Wildman–Crippen MR) is 128 cm³/mol. The van der Waals surface area contributed by atoms with E-state index in [9.17, 15) is 14.3 Å². The molecule has 0 atom stereocenters. The van der Waals surface area contributed by atoms with Gasteiger partial charge in [0, 0.05) is 36.4 Å². The Labute approximate surface area is 199 Å². The van der Waals surface area contributed by atoms with E-state index in [2.05, 4.69) is 0 Å². The van der Waals surface area contributed by atoms with Gasteiger partial charge in [-0.15, -0.1) is 0 Å². The molecule has 0 unspecified atom stereocenters. The summed E-state index contributed by atoms with van der Waals surface area (Å²) in [6, 6.07) is 16.4. The molecule has 1 fully saturated rings. The molecule has 1 heterocycles. The molecule has 34 heavy (non-hydrogen) atoms. The minimum atomic E-state index is -0.938. The van der Waals surface area contributed by atoms with Crippen LogP contribution in [0.4, 0.5) is 4.39 Å². The summed E-state index contributed by atoms with van der Waals surface area (Å²) >= 11 is 0. The number of aliphatic hydroxyl groups is 1. The molecule has 0 aliphatic heterocycles. The normalized spacial score (nSPS) is 18.2. The standard InChI is InChI=1S/C27H31FN2O4/c28-23-8-4-7-22(15-23)26-24(13-14-31)30(29-27(26)21-5-2-1-3-6-21)16-19-9-11-20(12-10-19)17-34-18-25(32)33/h1-8,15,19-20,31H,9-14,16-18H2,(H,32,33)/t19-,20-. The van der Waals surface area contributed by atoms with E-state index in [-0.39, 0.29) is 19.0 Å². The first-order chi connectivity index (χ1) is 16.5. The maximum Gasteiger partial charge on any atom is 0.329 e. The van der Waals surface area contributed by atoms with Gasteiger partial charge >= 0.3 is 5.97 Å². The molecule has 7 heteroatoms. The lowest BCUT2D eigenvalue weighted by Crippen LogP contribution is -2.24. The molecule has 0 saturated heterocycles. The van der Waals surface area contributed by atoms with Crippen LogP contribution in [0.2, 0.25) is 0 Å². The van der Waals surface area contributed by atoms with Gasteiger partial charge in [-0.1, -0.05) is 42.5 Å². The van der Waals surface area contributed by atoms with Gasteiger partial charge in [0.25, 0.3) is 0 Å². The van der Waals surface area contributed by atoms with Crippen LogP contribution in [0.25, 0.3) is 22.4 Å². The van der Waals surface area contributed by atoms with Crippen LogP contribution in [0.15, 0.2) is 54.6 Å². The maximum absolute atomic E-state index is 14.1. The van der Waals surface area contributed by atoms with Crippen molar-refractivity contribution in [2.75, 3.05) is 19.8 Å². The van der Waals surface area contributed by atoms with Crippen molar-refractivity contribution in [3.05, 3.63) is 66.1 Å². The fourth-order valence-electron chi connectivity index (χ4n) is 4.89. The highest BCUT2D eigenvalue weighted by Gasteiger charge is 2.26. The van der Waals surface area contributed by atoms with Gasteiger partial charge < -0.3 is 14.9 Å². The summed E-state index contributed by atoms with van der Waals surface area (Å²) in [4.78, 5) is 10.7. The molecule has 1 saturated carbocycles. The van der Waals surface area contributed by atoms with E-state index < -0.39 is 5.97 Å². The van der Waals surface area contributed by atoms with Crippen LogP contribution in [0.5, 0.6) is 0 Å². The number of rotatable bonds is 10.